The summed E-state index contributed by atoms with van der Waals surface area (Å²) in [6.07, 6.45) is 1.87. The second-order valence-electron chi connectivity index (χ2n) is 6.34. The molecule has 2 aromatic carbocycles. The summed E-state index contributed by atoms with van der Waals surface area (Å²) in [6.45, 7) is 4.56. The number of benzene rings is 2. The Morgan fingerprint density at radius 1 is 1.19 bits per heavy atom. The largest absolute Gasteiger partial charge is 0.455 e. The van der Waals surface area contributed by atoms with Gasteiger partial charge < -0.3 is 10.1 Å². The number of hydrogen-bond donors (Lipinski definition) is 1. The van der Waals surface area contributed by atoms with Crippen molar-refractivity contribution in [1.29, 1.82) is 0 Å². The molecule has 0 unspecified atom stereocenters. The van der Waals surface area contributed by atoms with Gasteiger partial charge in [0.05, 0.1) is 16.7 Å². The van der Waals surface area contributed by atoms with Crippen molar-refractivity contribution in [1.82, 2.24) is 9.88 Å². The maximum Gasteiger partial charge on any atom is 0.241 e. The number of aryl methyl sites for hydroxylation is 1. The first kappa shape index (κ1) is 19.1. The standard InChI is InChI=1S/C21H23N3O2S/c1-15(24(3)14-18-13-22-16(2)27-18)21(25)23-19-11-7-8-12-20(19)26-17-9-5-4-6-10-17/h4-13,15H,14H2,1-3H3,(H,23,25)/t15-/m0/s1. The Morgan fingerprint density at radius 3 is 2.59 bits per heavy atom. The van der Waals surface area contributed by atoms with Gasteiger partial charge in [0.1, 0.15) is 5.75 Å². The van der Waals surface area contributed by atoms with E-state index in [0.717, 1.165) is 15.6 Å². The van der Waals surface area contributed by atoms with E-state index >= 15 is 0 Å². The molecule has 3 rings (SSSR count). The van der Waals surface area contributed by atoms with Gasteiger partial charge in [0.2, 0.25) is 5.91 Å². The number of carbonyl (C=O) groups excluding carboxylic acids is 1. The Kier molecular flexibility index (Phi) is 6.21. The highest BCUT2D eigenvalue weighted by Gasteiger charge is 2.20. The average molecular weight is 382 g/mol. The predicted octanol–water partition coefficient (Wildman–Crippen LogP) is 4.70. The Balaban J connectivity index is 1.66. The first-order valence-corrected chi connectivity index (χ1v) is 9.59. The number of rotatable bonds is 7. The molecule has 0 aliphatic heterocycles. The lowest BCUT2D eigenvalue weighted by Crippen LogP contribution is -2.39. The van der Waals surface area contributed by atoms with Gasteiger partial charge in [-0.25, -0.2) is 4.98 Å². The third-order valence-corrected chi connectivity index (χ3v) is 5.13. The minimum Gasteiger partial charge on any atom is -0.455 e. The zero-order chi connectivity index (χ0) is 19.2. The van der Waals surface area contributed by atoms with E-state index in [0.29, 0.717) is 18.0 Å². The molecule has 0 saturated carbocycles. The van der Waals surface area contributed by atoms with Crippen LogP contribution in [0.3, 0.4) is 0 Å². The third-order valence-electron chi connectivity index (χ3n) is 4.23. The molecule has 0 spiro atoms. The highest BCUT2D eigenvalue weighted by atomic mass is 32.1. The lowest BCUT2D eigenvalue weighted by molar-refractivity contribution is -0.120. The summed E-state index contributed by atoms with van der Waals surface area (Å²) in [6, 6.07) is 16.7. The van der Waals surface area contributed by atoms with Crippen molar-refractivity contribution in [3.8, 4) is 11.5 Å². The van der Waals surface area contributed by atoms with Crippen LogP contribution in [-0.2, 0) is 11.3 Å². The van der Waals surface area contributed by atoms with Crippen LogP contribution in [0.2, 0.25) is 0 Å². The quantitative estimate of drug-likeness (QED) is 0.644. The average Bonchev–Trinajstić information content (AvgIpc) is 3.08. The second kappa shape index (κ2) is 8.79. The smallest absolute Gasteiger partial charge is 0.241 e. The molecule has 0 aliphatic carbocycles. The zero-order valence-electron chi connectivity index (χ0n) is 15.7. The number of hydrogen-bond acceptors (Lipinski definition) is 5. The first-order chi connectivity index (χ1) is 13.0. The van der Waals surface area contributed by atoms with E-state index < -0.39 is 0 Å². The number of thiazole rings is 1. The molecule has 0 radical (unpaired) electrons. The van der Waals surface area contributed by atoms with Gasteiger partial charge in [-0.15, -0.1) is 11.3 Å². The summed E-state index contributed by atoms with van der Waals surface area (Å²) < 4.78 is 5.91. The van der Waals surface area contributed by atoms with E-state index in [-0.39, 0.29) is 11.9 Å². The van der Waals surface area contributed by atoms with Gasteiger partial charge in [0.25, 0.3) is 0 Å². The molecule has 0 bridgehead atoms. The van der Waals surface area contributed by atoms with Gasteiger partial charge in [0.15, 0.2) is 5.75 Å². The van der Waals surface area contributed by atoms with Crippen LogP contribution in [0.15, 0.2) is 60.8 Å². The van der Waals surface area contributed by atoms with Crippen LogP contribution in [0.4, 0.5) is 5.69 Å². The van der Waals surface area contributed by atoms with Crippen molar-refractivity contribution in [2.45, 2.75) is 26.4 Å². The van der Waals surface area contributed by atoms with Crippen LogP contribution in [-0.4, -0.2) is 28.9 Å². The zero-order valence-corrected chi connectivity index (χ0v) is 16.5. The minimum atomic E-state index is -0.294. The summed E-state index contributed by atoms with van der Waals surface area (Å²) in [7, 11) is 1.94. The summed E-state index contributed by atoms with van der Waals surface area (Å²) in [5, 5.41) is 4.01. The fraction of sp³-hybridized carbons (Fsp3) is 0.238. The van der Waals surface area contributed by atoms with Crippen LogP contribution in [0, 0.1) is 6.92 Å². The lowest BCUT2D eigenvalue weighted by atomic mass is 10.2. The topological polar surface area (TPSA) is 54.5 Å². The second-order valence-corrected chi connectivity index (χ2v) is 7.66. The van der Waals surface area contributed by atoms with Crippen LogP contribution >= 0.6 is 11.3 Å². The number of amides is 1. The Labute approximate surface area is 163 Å². The number of nitrogens with one attached hydrogen (secondary N) is 1. The van der Waals surface area contributed by atoms with Crippen molar-refractivity contribution in [3.05, 3.63) is 70.7 Å². The van der Waals surface area contributed by atoms with Crippen molar-refractivity contribution in [2.75, 3.05) is 12.4 Å². The van der Waals surface area contributed by atoms with Crippen LogP contribution in [0.5, 0.6) is 11.5 Å². The number of para-hydroxylation sites is 3. The van der Waals surface area contributed by atoms with E-state index in [9.17, 15) is 4.79 Å². The Bertz CT molecular complexity index is 895. The molecule has 1 N–H and O–H groups in total. The van der Waals surface area contributed by atoms with Crippen LogP contribution in [0.1, 0.15) is 16.8 Å². The molecule has 1 heterocycles. The van der Waals surface area contributed by atoms with Crippen LogP contribution in [0.25, 0.3) is 0 Å². The van der Waals surface area contributed by atoms with Gasteiger partial charge in [0, 0.05) is 17.6 Å². The SMILES string of the molecule is Cc1ncc(CN(C)[C@@H](C)C(=O)Nc2ccccc2Oc2ccccc2)s1. The molecule has 0 saturated heterocycles. The number of aromatic nitrogens is 1. The van der Waals surface area contributed by atoms with Gasteiger partial charge in [-0.05, 0) is 45.2 Å². The van der Waals surface area contributed by atoms with E-state index in [1.54, 1.807) is 11.3 Å². The Hall–Kier alpha value is -2.70. The summed E-state index contributed by atoms with van der Waals surface area (Å²) in [4.78, 5) is 20.1. The number of carbonyl (C=O) groups is 1. The van der Waals surface area contributed by atoms with E-state index in [4.69, 9.17) is 4.74 Å². The molecule has 5 nitrogen and oxygen atoms in total. The minimum absolute atomic E-state index is 0.0807. The first-order valence-electron chi connectivity index (χ1n) is 8.77. The Morgan fingerprint density at radius 2 is 1.89 bits per heavy atom. The molecule has 27 heavy (non-hydrogen) atoms. The van der Waals surface area contributed by atoms with Crippen LogP contribution < -0.4 is 10.1 Å². The van der Waals surface area contributed by atoms with E-state index in [1.807, 2.05) is 86.6 Å². The van der Waals surface area contributed by atoms with E-state index in [1.165, 1.54) is 0 Å². The molecule has 1 atom stereocenters. The molecule has 0 aliphatic rings. The molecule has 6 heteroatoms. The van der Waals surface area contributed by atoms with Crippen molar-refractivity contribution < 1.29 is 9.53 Å². The van der Waals surface area contributed by atoms with Gasteiger partial charge >= 0.3 is 0 Å². The highest BCUT2D eigenvalue weighted by Crippen LogP contribution is 2.29. The van der Waals surface area contributed by atoms with E-state index in [2.05, 4.69) is 10.3 Å². The summed E-state index contributed by atoms with van der Waals surface area (Å²) >= 11 is 1.65. The third kappa shape index (κ3) is 5.15. The molecule has 3 aromatic rings. The lowest BCUT2D eigenvalue weighted by Gasteiger charge is -2.23. The fourth-order valence-corrected chi connectivity index (χ4v) is 3.43. The van der Waals surface area contributed by atoms with Crippen molar-refractivity contribution >= 4 is 22.9 Å². The fourth-order valence-electron chi connectivity index (χ4n) is 2.57. The highest BCUT2D eigenvalue weighted by molar-refractivity contribution is 7.11. The molecule has 140 valence electrons. The van der Waals surface area contributed by atoms with Crippen molar-refractivity contribution in [2.24, 2.45) is 0 Å². The van der Waals surface area contributed by atoms with Crippen molar-refractivity contribution in [3.63, 3.8) is 0 Å². The normalized spacial score (nSPS) is 12.0. The van der Waals surface area contributed by atoms with Gasteiger partial charge in [-0.2, -0.15) is 0 Å². The molecule has 1 amide bonds. The van der Waals surface area contributed by atoms with Gasteiger partial charge in [-0.3, -0.25) is 9.69 Å². The maximum atomic E-state index is 12.7. The number of anilines is 1. The molecule has 0 fully saturated rings. The monoisotopic (exact) mass is 381 g/mol. The van der Waals surface area contributed by atoms with Gasteiger partial charge in [-0.1, -0.05) is 30.3 Å². The molecular weight excluding hydrogens is 358 g/mol. The summed E-state index contributed by atoms with van der Waals surface area (Å²) in [5.41, 5.74) is 0.653. The number of ether oxygens (including phenoxy) is 1. The molecular formula is C21H23N3O2S. The maximum absolute atomic E-state index is 12.7. The summed E-state index contributed by atoms with van der Waals surface area (Å²) in [5.74, 6) is 1.26. The molecule has 1 aromatic heterocycles. The number of nitrogens with zero attached hydrogens (tertiary/aromatic N) is 2. The number of likely N-dealkylation sites (N-methyl/N-ethyl adjacent to an activating group) is 1. The predicted molar refractivity (Wildman–Crippen MR) is 109 cm³/mol.